The van der Waals surface area contributed by atoms with E-state index in [-0.39, 0.29) is 0 Å². The summed E-state index contributed by atoms with van der Waals surface area (Å²) in [6, 6.07) is 7.50. The molecule has 1 fully saturated rings. The van der Waals surface area contributed by atoms with Gasteiger partial charge in [-0.3, -0.25) is 4.68 Å². The highest BCUT2D eigenvalue weighted by atomic mass is 35.5. The molecule has 3 rings (SSSR count). The standard InChI is InChI=1S/C15H17ClN2O2/c1-9-13(15(16)18(2)17-9)14(19)10-3-5-11(6-4-10)20-12-7-8-12/h3-6,12,14,19H,7-8H2,1-2H3. The lowest BCUT2D eigenvalue weighted by Crippen LogP contribution is -2.02. The second-order valence-electron chi connectivity index (χ2n) is 5.20. The van der Waals surface area contributed by atoms with Crippen molar-refractivity contribution in [3.8, 4) is 5.75 Å². The van der Waals surface area contributed by atoms with Crippen LogP contribution >= 0.6 is 11.6 Å². The molecule has 0 saturated heterocycles. The third-order valence-corrected chi connectivity index (χ3v) is 3.94. The van der Waals surface area contributed by atoms with Crippen molar-refractivity contribution in [2.24, 2.45) is 7.05 Å². The molecule has 1 saturated carbocycles. The molecule has 4 nitrogen and oxygen atoms in total. The minimum atomic E-state index is -0.772. The Kier molecular flexibility index (Phi) is 3.44. The molecule has 1 aliphatic rings. The van der Waals surface area contributed by atoms with Gasteiger partial charge in [-0.05, 0) is 37.5 Å². The molecule has 1 atom stereocenters. The molecular weight excluding hydrogens is 276 g/mol. The molecule has 1 aromatic carbocycles. The zero-order valence-electron chi connectivity index (χ0n) is 11.5. The Morgan fingerprint density at radius 2 is 2.00 bits per heavy atom. The fraction of sp³-hybridized carbons (Fsp3) is 0.400. The van der Waals surface area contributed by atoms with E-state index in [0.717, 1.165) is 29.8 Å². The van der Waals surface area contributed by atoms with Crippen molar-refractivity contribution >= 4 is 11.6 Å². The number of halogens is 1. The van der Waals surface area contributed by atoms with Gasteiger partial charge in [0.2, 0.25) is 0 Å². The Morgan fingerprint density at radius 1 is 1.35 bits per heavy atom. The number of aliphatic hydroxyl groups excluding tert-OH is 1. The maximum absolute atomic E-state index is 10.5. The lowest BCUT2D eigenvalue weighted by molar-refractivity contribution is 0.219. The Balaban J connectivity index is 1.83. The van der Waals surface area contributed by atoms with Crippen molar-refractivity contribution in [2.45, 2.75) is 32.0 Å². The van der Waals surface area contributed by atoms with Crippen LogP contribution in [-0.4, -0.2) is 21.0 Å². The summed E-state index contributed by atoms with van der Waals surface area (Å²) in [7, 11) is 1.76. The molecule has 0 amide bonds. The van der Waals surface area contributed by atoms with Crippen molar-refractivity contribution in [1.82, 2.24) is 9.78 Å². The molecule has 106 valence electrons. The highest BCUT2D eigenvalue weighted by Gasteiger charge is 2.24. The smallest absolute Gasteiger partial charge is 0.133 e. The van der Waals surface area contributed by atoms with Crippen molar-refractivity contribution in [2.75, 3.05) is 0 Å². The van der Waals surface area contributed by atoms with Gasteiger partial charge in [0.1, 0.15) is 17.0 Å². The van der Waals surface area contributed by atoms with E-state index in [1.54, 1.807) is 11.7 Å². The minimum Gasteiger partial charge on any atom is -0.490 e. The van der Waals surface area contributed by atoms with Crippen molar-refractivity contribution in [3.05, 3.63) is 46.2 Å². The number of nitrogens with zero attached hydrogens (tertiary/aromatic N) is 2. The van der Waals surface area contributed by atoms with E-state index in [1.165, 1.54) is 0 Å². The van der Waals surface area contributed by atoms with E-state index >= 15 is 0 Å². The molecule has 2 aromatic rings. The van der Waals surface area contributed by atoms with Crippen LogP contribution in [-0.2, 0) is 7.05 Å². The van der Waals surface area contributed by atoms with Crippen LogP contribution in [0, 0.1) is 6.92 Å². The van der Waals surface area contributed by atoms with E-state index in [9.17, 15) is 5.11 Å². The summed E-state index contributed by atoms with van der Waals surface area (Å²) in [5.41, 5.74) is 2.18. The lowest BCUT2D eigenvalue weighted by atomic mass is 10.0. The summed E-state index contributed by atoms with van der Waals surface area (Å²) in [5.74, 6) is 0.845. The highest BCUT2D eigenvalue weighted by molar-refractivity contribution is 6.30. The van der Waals surface area contributed by atoms with Gasteiger partial charge in [-0.25, -0.2) is 0 Å². The Labute approximate surface area is 122 Å². The van der Waals surface area contributed by atoms with Gasteiger partial charge >= 0.3 is 0 Å². The van der Waals surface area contributed by atoms with E-state index in [4.69, 9.17) is 16.3 Å². The molecule has 1 N–H and O–H groups in total. The zero-order chi connectivity index (χ0) is 14.3. The number of aliphatic hydroxyl groups is 1. The Bertz CT molecular complexity index is 618. The topological polar surface area (TPSA) is 47.3 Å². The molecule has 1 unspecified atom stereocenters. The molecule has 1 aliphatic carbocycles. The Morgan fingerprint density at radius 3 is 2.50 bits per heavy atom. The first-order valence-corrected chi connectivity index (χ1v) is 7.07. The van der Waals surface area contributed by atoms with Crippen molar-refractivity contribution in [3.63, 3.8) is 0 Å². The van der Waals surface area contributed by atoms with Crippen LogP contribution in [0.1, 0.15) is 35.8 Å². The van der Waals surface area contributed by atoms with Gasteiger partial charge in [-0.2, -0.15) is 5.10 Å². The molecular formula is C15H17ClN2O2. The number of benzene rings is 1. The second-order valence-corrected chi connectivity index (χ2v) is 5.56. The van der Waals surface area contributed by atoms with Crippen LogP contribution in [0.4, 0.5) is 0 Å². The second kappa shape index (κ2) is 5.11. The number of rotatable bonds is 4. The van der Waals surface area contributed by atoms with E-state index < -0.39 is 6.10 Å². The predicted octanol–water partition coefficient (Wildman–Crippen LogP) is 3.00. The van der Waals surface area contributed by atoms with E-state index in [1.807, 2.05) is 31.2 Å². The van der Waals surface area contributed by atoms with Crippen molar-refractivity contribution < 1.29 is 9.84 Å². The third kappa shape index (κ3) is 2.53. The number of ether oxygens (including phenoxy) is 1. The van der Waals surface area contributed by atoms with Gasteiger partial charge in [-0.1, -0.05) is 23.7 Å². The minimum absolute atomic E-state index is 0.376. The molecule has 0 radical (unpaired) electrons. The third-order valence-electron chi connectivity index (χ3n) is 3.49. The van der Waals surface area contributed by atoms with Crippen LogP contribution in [0.15, 0.2) is 24.3 Å². The Hall–Kier alpha value is -1.52. The first kappa shape index (κ1) is 13.5. The van der Waals surface area contributed by atoms with Crippen molar-refractivity contribution in [1.29, 1.82) is 0 Å². The number of hydrogen-bond donors (Lipinski definition) is 1. The first-order chi connectivity index (χ1) is 9.56. The molecule has 0 spiro atoms. The van der Waals surface area contributed by atoms with Gasteiger partial charge in [-0.15, -0.1) is 0 Å². The van der Waals surface area contributed by atoms with Gasteiger partial charge in [0.25, 0.3) is 0 Å². The predicted molar refractivity (Wildman–Crippen MR) is 77.1 cm³/mol. The van der Waals surface area contributed by atoms with Crippen LogP contribution in [0.25, 0.3) is 0 Å². The van der Waals surface area contributed by atoms with Crippen LogP contribution < -0.4 is 4.74 Å². The van der Waals surface area contributed by atoms with Gasteiger partial charge in [0.05, 0.1) is 11.8 Å². The highest BCUT2D eigenvalue weighted by Crippen LogP contribution is 2.32. The van der Waals surface area contributed by atoms with Crippen LogP contribution in [0.2, 0.25) is 5.15 Å². The fourth-order valence-corrected chi connectivity index (χ4v) is 2.51. The largest absolute Gasteiger partial charge is 0.490 e. The lowest BCUT2D eigenvalue weighted by Gasteiger charge is -2.12. The summed E-state index contributed by atoms with van der Waals surface area (Å²) in [4.78, 5) is 0. The molecule has 5 heteroatoms. The van der Waals surface area contributed by atoms with Gasteiger partial charge in [0.15, 0.2) is 0 Å². The normalized spacial score (nSPS) is 16.2. The van der Waals surface area contributed by atoms with E-state index in [2.05, 4.69) is 5.10 Å². The summed E-state index contributed by atoms with van der Waals surface area (Å²) < 4.78 is 7.26. The molecule has 0 aliphatic heterocycles. The quantitative estimate of drug-likeness (QED) is 0.942. The van der Waals surface area contributed by atoms with Crippen LogP contribution in [0.3, 0.4) is 0 Å². The zero-order valence-corrected chi connectivity index (χ0v) is 12.3. The molecule has 20 heavy (non-hydrogen) atoms. The average Bonchev–Trinajstić information content (AvgIpc) is 3.19. The molecule has 1 aromatic heterocycles. The van der Waals surface area contributed by atoms with Crippen LogP contribution in [0.5, 0.6) is 5.75 Å². The summed E-state index contributed by atoms with van der Waals surface area (Å²) >= 11 is 6.18. The summed E-state index contributed by atoms with van der Waals surface area (Å²) in [5, 5.41) is 15.2. The van der Waals surface area contributed by atoms with E-state index in [0.29, 0.717) is 16.8 Å². The molecule has 1 heterocycles. The fourth-order valence-electron chi connectivity index (χ4n) is 2.23. The maximum atomic E-state index is 10.5. The average molecular weight is 293 g/mol. The van der Waals surface area contributed by atoms with Gasteiger partial charge < -0.3 is 9.84 Å². The monoisotopic (exact) mass is 292 g/mol. The SMILES string of the molecule is Cc1nn(C)c(Cl)c1C(O)c1ccc(OC2CC2)cc1. The number of aryl methyl sites for hydroxylation is 2. The number of aromatic nitrogens is 2. The summed E-state index contributed by atoms with van der Waals surface area (Å²) in [6.07, 6.45) is 1.87. The number of hydrogen-bond acceptors (Lipinski definition) is 3. The molecule has 0 bridgehead atoms. The summed E-state index contributed by atoms with van der Waals surface area (Å²) in [6.45, 7) is 1.84. The first-order valence-electron chi connectivity index (χ1n) is 6.70. The maximum Gasteiger partial charge on any atom is 0.133 e. The van der Waals surface area contributed by atoms with Gasteiger partial charge in [0, 0.05) is 12.6 Å².